The molecule has 1 aliphatic carbocycles. The minimum Gasteiger partial charge on any atom is -0.381 e. The first-order valence-corrected chi connectivity index (χ1v) is 4.74. The van der Waals surface area contributed by atoms with Gasteiger partial charge in [0.05, 0.1) is 6.61 Å². The SMILES string of the molecule is CC(C)C12COCC(C1)C2C. The number of ether oxygens (including phenoxy) is 1. The van der Waals surface area contributed by atoms with Gasteiger partial charge in [-0.3, -0.25) is 0 Å². The summed E-state index contributed by atoms with van der Waals surface area (Å²) in [5.41, 5.74) is 0.558. The van der Waals surface area contributed by atoms with E-state index in [0.717, 1.165) is 31.0 Å². The standard InChI is InChI=1S/C10H18O/c1-7(2)10-4-9(8(10)3)5-11-6-10/h7-9H,4-6H2,1-3H3. The molecule has 0 amide bonds. The van der Waals surface area contributed by atoms with Gasteiger partial charge in [-0.15, -0.1) is 0 Å². The minimum absolute atomic E-state index is 0.558. The fourth-order valence-electron chi connectivity index (χ4n) is 2.88. The summed E-state index contributed by atoms with van der Waals surface area (Å²) in [5, 5.41) is 0. The average molecular weight is 154 g/mol. The molecule has 2 saturated heterocycles. The molecule has 3 fully saturated rings. The lowest BCUT2D eigenvalue weighted by Crippen LogP contribution is -2.58. The molecule has 1 heteroatoms. The Balaban J connectivity index is 2.14. The van der Waals surface area contributed by atoms with Gasteiger partial charge in [0, 0.05) is 6.61 Å². The highest BCUT2D eigenvalue weighted by Gasteiger charge is 2.55. The van der Waals surface area contributed by atoms with E-state index in [1.807, 2.05) is 0 Å². The van der Waals surface area contributed by atoms with Gasteiger partial charge >= 0.3 is 0 Å². The largest absolute Gasteiger partial charge is 0.381 e. The Labute approximate surface area is 69.1 Å². The Morgan fingerprint density at radius 3 is 2.55 bits per heavy atom. The molecule has 1 saturated carbocycles. The predicted molar refractivity (Wildman–Crippen MR) is 45.4 cm³/mol. The van der Waals surface area contributed by atoms with Crippen molar-refractivity contribution in [3.05, 3.63) is 0 Å². The van der Waals surface area contributed by atoms with Gasteiger partial charge in [0.1, 0.15) is 0 Å². The third kappa shape index (κ3) is 0.807. The van der Waals surface area contributed by atoms with Crippen LogP contribution in [-0.4, -0.2) is 13.2 Å². The van der Waals surface area contributed by atoms with E-state index >= 15 is 0 Å². The molecule has 0 aromatic carbocycles. The quantitative estimate of drug-likeness (QED) is 0.563. The van der Waals surface area contributed by atoms with Crippen molar-refractivity contribution in [2.45, 2.75) is 27.2 Å². The molecule has 3 atom stereocenters. The molecule has 3 unspecified atom stereocenters. The maximum atomic E-state index is 5.57. The van der Waals surface area contributed by atoms with Crippen LogP contribution >= 0.6 is 0 Å². The highest BCUT2D eigenvalue weighted by Crippen LogP contribution is 2.58. The summed E-state index contributed by atoms with van der Waals surface area (Å²) in [4.78, 5) is 0. The van der Waals surface area contributed by atoms with E-state index in [0.29, 0.717) is 5.41 Å². The molecule has 3 rings (SSSR count). The van der Waals surface area contributed by atoms with Crippen LogP contribution in [-0.2, 0) is 4.74 Å². The molecule has 2 heterocycles. The van der Waals surface area contributed by atoms with E-state index in [-0.39, 0.29) is 0 Å². The Bertz CT molecular complexity index is 160. The lowest BCUT2D eigenvalue weighted by molar-refractivity contribution is -0.200. The van der Waals surface area contributed by atoms with Crippen molar-refractivity contribution in [2.75, 3.05) is 13.2 Å². The van der Waals surface area contributed by atoms with Crippen molar-refractivity contribution in [3.8, 4) is 0 Å². The topological polar surface area (TPSA) is 9.23 Å². The molecule has 11 heavy (non-hydrogen) atoms. The Morgan fingerprint density at radius 2 is 2.18 bits per heavy atom. The first kappa shape index (κ1) is 7.60. The van der Waals surface area contributed by atoms with Crippen LogP contribution in [0.1, 0.15) is 27.2 Å². The summed E-state index contributed by atoms with van der Waals surface area (Å²) in [6, 6.07) is 0. The van der Waals surface area contributed by atoms with Gasteiger partial charge in [0.15, 0.2) is 0 Å². The van der Waals surface area contributed by atoms with E-state index in [9.17, 15) is 0 Å². The molecule has 2 bridgehead atoms. The lowest BCUT2D eigenvalue weighted by Gasteiger charge is -2.60. The molecular formula is C10H18O. The third-order valence-electron chi connectivity index (χ3n) is 4.11. The first-order chi connectivity index (χ1) is 5.17. The monoisotopic (exact) mass is 154 g/mol. The summed E-state index contributed by atoms with van der Waals surface area (Å²) in [6.07, 6.45) is 1.42. The van der Waals surface area contributed by atoms with Gasteiger partial charge in [0.25, 0.3) is 0 Å². The van der Waals surface area contributed by atoms with Crippen LogP contribution in [0, 0.1) is 23.2 Å². The summed E-state index contributed by atoms with van der Waals surface area (Å²) >= 11 is 0. The van der Waals surface area contributed by atoms with Crippen molar-refractivity contribution < 1.29 is 4.74 Å². The summed E-state index contributed by atoms with van der Waals surface area (Å²) in [7, 11) is 0. The van der Waals surface area contributed by atoms with E-state index in [1.165, 1.54) is 6.42 Å². The molecule has 64 valence electrons. The summed E-state index contributed by atoms with van der Waals surface area (Å²) in [6.45, 7) is 9.11. The molecule has 0 spiro atoms. The second-order valence-electron chi connectivity index (χ2n) is 4.66. The molecule has 1 nitrogen and oxygen atoms in total. The van der Waals surface area contributed by atoms with Crippen molar-refractivity contribution in [2.24, 2.45) is 23.2 Å². The molecule has 0 aromatic heterocycles. The van der Waals surface area contributed by atoms with Crippen LogP contribution in [0.5, 0.6) is 0 Å². The third-order valence-corrected chi connectivity index (χ3v) is 4.11. The first-order valence-electron chi connectivity index (χ1n) is 4.74. The van der Waals surface area contributed by atoms with Crippen LogP contribution in [0.4, 0.5) is 0 Å². The smallest absolute Gasteiger partial charge is 0.0527 e. The van der Waals surface area contributed by atoms with Crippen molar-refractivity contribution in [1.82, 2.24) is 0 Å². The number of hydrogen-bond donors (Lipinski definition) is 0. The van der Waals surface area contributed by atoms with Crippen LogP contribution < -0.4 is 0 Å². The Morgan fingerprint density at radius 1 is 1.45 bits per heavy atom. The fraction of sp³-hybridized carbons (Fsp3) is 1.00. The Hall–Kier alpha value is -0.0400. The zero-order chi connectivity index (χ0) is 8.06. The lowest BCUT2D eigenvalue weighted by atomic mass is 9.49. The second kappa shape index (κ2) is 2.22. The van der Waals surface area contributed by atoms with E-state index in [4.69, 9.17) is 4.74 Å². The Kier molecular flexibility index (Phi) is 1.54. The average Bonchev–Trinajstić information content (AvgIpc) is 2.04. The predicted octanol–water partition coefficient (Wildman–Crippen LogP) is 2.32. The maximum absolute atomic E-state index is 5.57. The molecule has 0 N–H and O–H groups in total. The van der Waals surface area contributed by atoms with Gasteiger partial charge in [-0.1, -0.05) is 20.8 Å². The number of hydrogen-bond acceptors (Lipinski definition) is 1. The van der Waals surface area contributed by atoms with E-state index < -0.39 is 0 Å². The number of rotatable bonds is 1. The van der Waals surface area contributed by atoms with Crippen LogP contribution in [0.25, 0.3) is 0 Å². The van der Waals surface area contributed by atoms with Crippen LogP contribution in [0.15, 0.2) is 0 Å². The van der Waals surface area contributed by atoms with E-state index in [2.05, 4.69) is 20.8 Å². The molecule has 0 aromatic rings. The summed E-state index contributed by atoms with van der Waals surface area (Å²) in [5.74, 6) is 2.59. The van der Waals surface area contributed by atoms with Crippen molar-refractivity contribution in [1.29, 1.82) is 0 Å². The zero-order valence-electron chi connectivity index (χ0n) is 7.76. The normalized spacial score (nSPS) is 49.1. The van der Waals surface area contributed by atoms with Crippen molar-refractivity contribution in [3.63, 3.8) is 0 Å². The van der Waals surface area contributed by atoms with Gasteiger partial charge in [-0.2, -0.15) is 0 Å². The highest BCUT2D eigenvalue weighted by atomic mass is 16.5. The molecular weight excluding hydrogens is 136 g/mol. The minimum atomic E-state index is 0.558. The molecule has 3 aliphatic rings. The number of fused-ring (bicyclic) bond motifs is 2. The van der Waals surface area contributed by atoms with Crippen molar-refractivity contribution >= 4 is 0 Å². The molecule has 2 aliphatic heterocycles. The van der Waals surface area contributed by atoms with Crippen LogP contribution in [0.3, 0.4) is 0 Å². The second-order valence-corrected chi connectivity index (χ2v) is 4.66. The van der Waals surface area contributed by atoms with Gasteiger partial charge < -0.3 is 4.74 Å². The summed E-state index contributed by atoms with van der Waals surface area (Å²) < 4.78 is 5.57. The fourth-order valence-corrected chi connectivity index (χ4v) is 2.88. The van der Waals surface area contributed by atoms with Gasteiger partial charge in [0.2, 0.25) is 0 Å². The maximum Gasteiger partial charge on any atom is 0.0527 e. The van der Waals surface area contributed by atoms with Gasteiger partial charge in [-0.05, 0) is 29.6 Å². The van der Waals surface area contributed by atoms with E-state index in [1.54, 1.807) is 0 Å². The highest BCUT2D eigenvalue weighted by molar-refractivity contribution is 5.03. The van der Waals surface area contributed by atoms with Crippen LogP contribution in [0.2, 0.25) is 0 Å². The van der Waals surface area contributed by atoms with Gasteiger partial charge in [-0.25, -0.2) is 0 Å². The molecule has 0 radical (unpaired) electrons. The zero-order valence-corrected chi connectivity index (χ0v) is 7.76.